The van der Waals surface area contributed by atoms with E-state index in [-0.39, 0.29) is 11.7 Å². The van der Waals surface area contributed by atoms with E-state index in [9.17, 15) is 14.4 Å². The monoisotopic (exact) mass is 415 g/mol. The fourth-order valence-electron chi connectivity index (χ4n) is 2.62. The Balaban J connectivity index is 2.03. The van der Waals surface area contributed by atoms with Gasteiger partial charge in [0.1, 0.15) is 11.8 Å². The topological polar surface area (TPSA) is 81.7 Å². The Morgan fingerprint density at radius 3 is 2.24 bits per heavy atom. The molecule has 1 amide bonds. The second-order valence-electron chi connectivity index (χ2n) is 6.35. The van der Waals surface area contributed by atoms with Crippen LogP contribution in [0.15, 0.2) is 54.6 Å². The lowest BCUT2D eigenvalue weighted by Crippen LogP contribution is -2.44. The highest BCUT2D eigenvalue weighted by molar-refractivity contribution is 7.98. The zero-order chi connectivity index (χ0) is 21.2. The number of carbonyl (C=O) groups is 3. The zero-order valence-electron chi connectivity index (χ0n) is 16.7. The summed E-state index contributed by atoms with van der Waals surface area (Å²) in [6, 6.07) is 14.4. The SMILES string of the molecule is COc1ccc(C(=O)[C@@H](C)OC(=O)[C@@H](CCSC)NC(=O)c2ccccc2)cc1. The average molecular weight is 416 g/mol. The van der Waals surface area contributed by atoms with Gasteiger partial charge in [0.25, 0.3) is 5.91 Å². The third-order valence-electron chi connectivity index (χ3n) is 4.27. The molecule has 2 rings (SSSR count). The summed E-state index contributed by atoms with van der Waals surface area (Å²) in [5.74, 6) is -0.0123. The maximum atomic E-state index is 12.6. The van der Waals surface area contributed by atoms with Gasteiger partial charge in [-0.3, -0.25) is 9.59 Å². The Morgan fingerprint density at radius 1 is 1.00 bits per heavy atom. The van der Waals surface area contributed by atoms with Gasteiger partial charge in [-0.15, -0.1) is 0 Å². The number of hydrogen-bond donors (Lipinski definition) is 1. The van der Waals surface area contributed by atoms with Crippen LogP contribution in [0, 0.1) is 0 Å². The molecule has 0 spiro atoms. The molecule has 6 nitrogen and oxygen atoms in total. The number of carbonyl (C=O) groups excluding carboxylic acids is 3. The summed E-state index contributed by atoms with van der Waals surface area (Å²) in [6.45, 7) is 1.52. The van der Waals surface area contributed by atoms with Crippen LogP contribution in [0.4, 0.5) is 0 Å². The van der Waals surface area contributed by atoms with Crippen LogP contribution in [0.25, 0.3) is 0 Å². The maximum Gasteiger partial charge on any atom is 0.329 e. The maximum absolute atomic E-state index is 12.6. The summed E-state index contributed by atoms with van der Waals surface area (Å²) in [5.41, 5.74) is 0.872. The van der Waals surface area contributed by atoms with E-state index < -0.39 is 18.1 Å². The van der Waals surface area contributed by atoms with Crippen molar-refractivity contribution in [1.29, 1.82) is 0 Å². The normalized spacial score (nSPS) is 12.5. The van der Waals surface area contributed by atoms with E-state index in [0.717, 1.165) is 0 Å². The number of methoxy groups -OCH3 is 1. The van der Waals surface area contributed by atoms with Crippen molar-refractivity contribution in [1.82, 2.24) is 5.32 Å². The number of amides is 1. The van der Waals surface area contributed by atoms with Gasteiger partial charge in [-0.2, -0.15) is 11.8 Å². The Hall–Kier alpha value is -2.80. The van der Waals surface area contributed by atoms with Crippen molar-refractivity contribution >= 4 is 29.4 Å². The van der Waals surface area contributed by atoms with Crippen LogP contribution in [-0.2, 0) is 9.53 Å². The van der Waals surface area contributed by atoms with Crippen LogP contribution in [0.3, 0.4) is 0 Å². The first kappa shape index (κ1) is 22.5. The molecular weight excluding hydrogens is 390 g/mol. The van der Waals surface area contributed by atoms with Crippen LogP contribution >= 0.6 is 11.8 Å². The van der Waals surface area contributed by atoms with Crippen molar-refractivity contribution in [2.45, 2.75) is 25.5 Å². The molecular formula is C22H25NO5S. The number of ketones is 1. The molecule has 0 radical (unpaired) electrons. The van der Waals surface area contributed by atoms with Crippen LogP contribution in [0.2, 0.25) is 0 Å². The van der Waals surface area contributed by atoms with E-state index >= 15 is 0 Å². The largest absolute Gasteiger partial charge is 0.497 e. The molecule has 0 saturated heterocycles. The number of benzene rings is 2. The van der Waals surface area contributed by atoms with Gasteiger partial charge in [-0.1, -0.05) is 18.2 Å². The molecule has 0 aromatic heterocycles. The molecule has 154 valence electrons. The average Bonchev–Trinajstić information content (AvgIpc) is 2.76. The Bertz CT molecular complexity index is 823. The predicted octanol–water partition coefficient (Wildman–Crippen LogP) is 3.36. The highest BCUT2D eigenvalue weighted by Crippen LogP contribution is 2.15. The van der Waals surface area contributed by atoms with E-state index in [1.807, 2.05) is 12.3 Å². The van der Waals surface area contributed by atoms with Crippen LogP contribution in [-0.4, -0.2) is 48.9 Å². The summed E-state index contributed by atoms with van der Waals surface area (Å²) in [7, 11) is 1.54. The van der Waals surface area contributed by atoms with Gasteiger partial charge in [-0.25, -0.2) is 4.79 Å². The number of Topliss-reactive ketones (excluding diaryl/α,β-unsaturated/α-hetero) is 1. The Morgan fingerprint density at radius 2 is 1.66 bits per heavy atom. The number of ether oxygens (including phenoxy) is 2. The van der Waals surface area contributed by atoms with Crippen molar-refractivity contribution in [2.75, 3.05) is 19.1 Å². The molecule has 0 heterocycles. The minimum atomic E-state index is -0.971. The Kier molecular flexibility index (Phi) is 8.73. The molecule has 0 fully saturated rings. The van der Waals surface area contributed by atoms with Gasteiger partial charge in [0.05, 0.1) is 7.11 Å². The Labute approximate surface area is 175 Å². The van der Waals surface area contributed by atoms with E-state index in [4.69, 9.17) is 9.47 Å². The zero-order valence-corrected chi connectivity index (χ0v) is 17.5. The smallest absolute Gasteiger partial charge is 0.329 e. The number of hydrogen-bond acceptors (Lipinski definition) is 6. The van der Waals surface area contributed by atoms with Gasteiger partial charge < -0.3 is 14.8 Å². The fourth-order valence-corrected chi connectivity index (χ4v) is 3.09. The highest BCUT2D eigenvalue weighted by Gasteiger charge is 2.27. The van der Waals surface area contributed by atoms with Crippen LogP contribution in [0.5, 0.6) is 5.75 Å². The van der Waals surface area contributed by atoms with E-state index in [1.165, 1.54) is 6.92 Å². The molecule has 0 bridgehead atoms. The molecule has 2 atom stereocenters. The molecule has 0 aliphatic heterocycles. The van der Waals surface area contributed by atoms with Crippen molar-refractivity contribution < 1.29 is 23.9 Å². The van der Waals surface area contributed by atoms with E-state index in [2.05, 4.69) is 5.32 Å². The highest BCUT2D eigenvalue weighted by atomic mass is 32.2. The molecule has 29 heavy (non-hydrogen) atoms. The summed E-state index contributed by atoms with van der Waals surface area (Å²) in [5, 5.41) is 2.71. The van der Waals surface area contributed by atoms with E-state index in [0.29, 0.717) is 29.1 Å². The van der Waals surface area contributed by atoms with Gasteiger partial charge in [-0.05, 0) is 61.8 Å². The minimum Gasteiger partial charge on any atom is -0.497 e. The molecule has 2 aromatic rings. The number of thioether (sulfide) groups is 1. The van der Waals surface area contributed by atoms with Crippen LogP contribution in [0.1, 0.15) is 34.1 Å². The first-order chi connectivity index (χ1) is 14.0. The second kappa shape index (κ2) is 11.3. The van der Waals surface area contributed by atoms with Gasteiger partial charge in [0.15, 0.2) is 6.10 Å². The van der Waals surface area contributed by atoms with Gasteiger partial charge in [0.2, 0.25) is 5.78 Å². The quantitative estimate of drug-likeness (QED) is 0.473. The number of esters is 1. The summed E-state index contributed by atoms with van der Waals surface area (Å²) in [6.07, 6.45) is 1.35. The fraction of sp³-hybridized carbons (Fsp3) is 0.318. The number of nitrogens with one attached hydrogen (secondary N) is 1. The number of rotatable bonds is 10. The molecule has 7 heteroatoms. The molecule has 0 unspecified atom stereocenters. The first-order valence-corrected chi connectivity index (χ1v) is 10.6. The van der Waals surface area contributed by atoms with Crippen molar-refractivity contribution in [3.63, 3.8) is 0 Å². The van der Waals surface area contributed by atoms with Crippen molar-refractivity contribution in [3.8, 4) is 5.75 Å². The summed E-state index contributed by atoms with van der Waals surface area (Å²) >= 11 is 1.56. The predicted molar refractivity (Wildman–Crippen MR) is 114 cm³/mol. The molecule has 0 aliphatic carbocycles. The third-order valence-corrected chi connectivity index (χ3v) is 4.92. The van der Waals surface area contributed by atoms with Crippen molar-refractivity contribution in [3.05, 3.63) is 65.7 Å². The first-order valence-electron chi connectivity index (χ1n) is 9.20. The molecule has 2 aromatic carbocycles. The lowest BCUT2D eigenvalue weighted by molar-refractivity contribution is -0.148. The van der Waals surface area contributed by atoms with E-state index in [1.54, 1.807) is 67.4 Å². The van der Waals surface area contributed by atoms with Crippen LogP contribution < -0.4 is 10.1 Å². The lowest BCUT2D eigenvalue weighted by atomic mass is 10.1. The third kappa shape index (κ3) is 6.64. The molecule has 0 saturated carbocycles. The molecule has 1 N–H and O–H groups in total. The molecule has 0 aliphatic rings. The minimum absolute atomic E-state index is 0.320. The lowest BCUT2D eigenvalue weighted by Gasteiger charge is -2.20. The van der Waals surface area contributed by atoms with Crippen molar-refractivity contribution in [2.24, 2.45) is 0 Å². The van der Waals surface area contributed by atoms with Gasteiger partial charge >= 0.3 is 5.97 Å². The van der Waals surface area contributed by atoms with Gasteiger partial charge in [0, 0.05) is 11.1 Å². The second-order valence-corrected chi connectivity index (χ2v) is 7.33. The summed E-state index contributed by atoms with van der Waals surface area (Å²) < 4.78 is 10.5. The summed E-state index contributed by atoms with van der Waals surface area (Å²) in [4.78, 5) is 37.6. The standard InChI is InChI=1S/C22H25NO5S/c1-15(20(24)16-9-11-18(27-2)12-10-16)28-22(26)19(13-14-29-3)23-21(25)17-7-5-4-6-8-17/h4-12,15,19H,13-14H2,1-3H3,(H,23,25)/t15-,19-/m1/s1.